The number of carbonyl (C=O) groups is 2. The normalized spacial score (nSPS) is 14.7. The van der Waals surface area contributed by atoms with Crippen LogP contribution in [0.3, 0.4) is 0 Å². The molecular formula is C18H24F3N3O3. The third-order valence-corrected chi connectivity index (χ3v) is 4.13. The maximum Gasteiger partial charge on any atom is 0.422 e. The Kier molecular flexibility index (Phi) is 7.32. The van der Waals surface area contributed by atoms with Crippen molar-refractivity contribution in [1.82, 2.24) is 10.6 Å². The largest absolute Gasteiger partial charge is 0.482 e. The number of aryl methyl sites for hydroxylation is 1. The Labute approximate surface area is 155 Å². The molecule has 0 aliphatic heterocycles. The molecule has 1 aliphatic carbocycles. The number of halogens is 3. The van der Waals surface area contributed by atoms with E-state index in [1.165, 1.54) is 12.1 Å². The van der Waals surface area contributed by atoms with Gasteiger partial charge in [-0.2, -0.15) is 13.2 Å². The van der Waals surface area contributed by atoms with Gasteiger partial charge in [0.1, 0.15) is 5.75 Å². The molecule has 1 fully saturated rings. The molecule has 1 saturated carbocycles. The number of urea groups is 1. The first kappa shape index (κ1) is 20.9. The van der Waals surface area contributed by atoms with Crippen LogP contribution in [-0.4, -0.2) is 37.3 Å². The van der Waals surface area contributed by atoms with Crippen LogP contribution >= 0.6 is 0 Å². The predicted molar refractivity (Wildman–Crippen MR) is 94.8 cm³/mol. The van der Waals surface area contributed by atoms with Crippen LogP contribution in [0, 0.1) is 6.92 Å². The summed E-state index contributed by atoms with van der Waals surface area (Å²) in [5.41, 5.74) is 0.819. The van der Waals surface area contributed by atoms with Crippen molar-refractivity contribution in [3.63, 3.8) is 0 Å². The maximum atomic E-state index is 12.4. The number of anilines is 1. The van der Waals surface area contributed by atoms with Crippen molar-refractivity contribution < 1.29 is 27.5 Å². The first-order valence-electron chi connectivity index (χ1n) is 8.87. The fourth-order valence-corrected chi connectivity index (χ4v) is 2.84. The minimum Gasteiger partial charge on any atom is -0.482 e. The second-order valence-electron chi connectivity index (χ2n) is 6.58. The van der Waals surface area contributed by atoms with E-state index in [2.05, 4.69) is 16.0 Å². The first-order valence-corrected chi connectivity index (χ1v) is 8.87. The predicted octanol–water partition coefficient (Wildman–Crippen LogP) is 3.51. The van der Waals surface area contributed by atoms with Gasteiger partial charge in [0.2, 0.25) is 5.91 Å². The van der Waals surface area contributed by atoms with E-state index >= 15 is 0 Å². The molecule has 27 heavy (non-hydrogen) atoms. The molecule has 0 radical (unpaired) electrons. The number of carbonyl (C=O) groups excluding carboxylic acids is 2. The van der Waals surface area contributed by atoms with Crippen LogP contribution in [-0.2, 0) is 4.79 Å². The molecule has 1 aromatic rings. The number of hydrogen-bond donors (Lipinski definition) is 3. The van der Waals surface area contributed by atoms with Gasteiger partial charge in [-0.25, -0.2) is 4.79 Å². The fraction of sp³-hybridized carbons (Fsp3) is 0.556. The SMILES string of the molecule is Cc1ccc(NC(=O)NCCC(=O)NC2CCCC2)c(OCC(F)(F)F)c1. The lowest BCUT2D eigenvalue weighted by Crippen LogP contribution is -2.36. The number of ether oxygens (including phenoxy) is 1. The molecule has 0 spiro atoms. The number of hydrogen-bond acceptors (Lipinski definition) is 3. The van der Waals surface area contributed by atoms with Gasteiger partial charge in [0.15, 0.2) is 6.61 Å². The standard InChI is InChI=1S/C18H24F3N3O3/c1-12-6-7-14(15(10-12)27-11-18(19,20)21)24-17(26)22-9-8-16(25)23-13-4-2-3-5-13/h6-7,10,13H,2-5,8-9,11H2,1H3,(H,23,25)(H2,22,24,26). The number of alkyl halides is 3. The number of amides is 3. The highest BCUT2D eigenvalue weighted by atomic mass is 19.4. The Morgan fingerprint density at radius 2 is 1.93 bits per heavy atom. The Morgan fingerprint density at radius 1 is 1.22 bits per heavy atom. The van der Waals surface area contributed by atoms with Crippen molar-refractivity contribution in [2.24, 2.45) is 0 Å². The summed E-state index contributed by atoms with van der Waals surface area (Å²) >= 11 is 0. The topological polar surface area (TPSA) is 79.5 Å². The van der Waals surface area contributed by atoms with E-state index in [-0.39, 0.29) is 36.4 Å². The van der Waals surface area contributed by atoms with Crippen molar-refractivity contribution in [3.05, 3.63) is 23.8 Å². The van der Waals surface area contributed by atoms with Gasteiger partial charge in [-0.15, -0.1) is 0 Å². The molecule has 0 atom stereocenters. The molecule has 1 aromatic carbocycles. The van der Waals surface area contributed by atoms with Crippen LogP contribution in [0.5, 0.6) is 5.75 Å². The summed E-state index contributed by atoms with van der Waals surface area (Å²) in [6, 6.07) is 4.12. The molecule has 0 unspecified atom stereocenters. The van der Waals surface area contributed by atoms with Gasteiger partial charge in [0, 0.05) is 19.0 Å². The van der Waals surface area contributed by atoms with Crippen LogP contribution in [0.1, 0.15) is 37.7 Å². The van der Waals surface area contributed by atoms with E-state index in [1.807, 2.05) is 0 Å². The highest BCUT2D eigenvalue weighted by molar-refractivity contribution is 5.91. The summed E-state index contributed by atoms with van der Waals surface area (Å²) < 4.78 is 41.9. The molecule has 150 valence electrons. The van der Waals surface area contributed by atoms with E-state index < -0.39 is 18.8 Å². The van der Waals surface area contributed by atoms with Gasteiger partial charge in [0.25, 0.3) is 0 Å². The van der Waals surface area contributed by atoms with E-state index in [4.69, 9.17) is 4.74 Å². The smallest absolute Gasteiger partial charge is 0.422 e. The molecule has 1 aliphatic rings. The molecule has 9 heteroatoms. The lowest BCUT2D eigenvalue weighted by Gasteiger charge is -2.15. The first-order chi connectivity index (χ1) is 12.7. The zero-order valence-electron chi connectivity index (χ0n) is 15.1. The second-order valence-corrected chi connectivity index (χ2v) is 6.58. The Morgan fingerprint density at radius 3 is 2.59 bits per heavy atom. The maximum absolute atomic E-state index is 12.4. The number of rotatable bonds is 7. The third kappa shape index (κ3) is 7.76. The molecular weight excluding hydrogens is 363 g/mol. The molecule has 6 nitrogen and oxygen atoms in total. The van der Waals surface area contributed by atoms with Crippen molar-refractivity contribution >= 4 is 17.6 Å². The lowest BCUT2D eigenvalue weighted by molar-refractivity contribution is -0.153. The van der Waals surface area contributed by atoms with Crippen LogP contribution < -0.4 is 20.7 Å². The van der Waals surface area contributed by atoms with Crippen molar-refractivity contribution in [2.45, 2.75) is 51.2 Å². The molecule has 0 saturated heterocycles. The zero-order chi connectivity index (χ0) is 19.9. The Hall–Kier alpha value is -2.45. The molecule has 3 N–H and O–H groups in total. The summed E-state index contributed by atoms with van der Waals surface area (Å²) in [6.45, 7) is 0.371. The Bertz CT molecular complexity index is 659. The highest BCUT2D eigenvalue weighted by Gasteiger charge is 2.29. The summed E-state index contributed by atoms with van der Waals surface area (Å²) in [5, 5.41) is 7.87. The fourth-order valence-electron chi connectivity index (χ4n) is 2.84. The van der Waals surface area contributed by atoms with Gasteiger partial charge in [-0.05, 0) is 37.5 Å². The Balaban J connectivity index is 1.79. The molecule has 3 amide bonds. The number of nitrogens with one attached hydrogen (secondary N) is 3. The molecule has 2 rings (SSSR count). The van der Waals surface area contributed by atoms with Crippen LogP contribution in [0.15, 0.2) is 18.2 Å². The van der Waals surface area contributed by atoms with Gasteiger partial charge >= 0.3 is 12.2 Å². The monoisotopic (exact) mass is 387 g/mol. The van der Waals surface area contributed by atoms with Gasteiger partial charge in [-0.1, -0.05) is 18.9 Å². The van der Waals surface area contributed by atoms with Crippen LogP contribution in [0.2, 0.25) is 0 Å². The average molecular weight is 387 g/mol. The van der Waals surface area contributed by atoms with Gasteiger partial charge in [0.05, 0.1) is 5.69 Å². The van der Waals surface area contributed by atoms with Crippen molar-refractivity contribution in [2.75, 3.05) is 18.5 Å². The number of benzene rings is 1. The second kappa shape index (κ2) is 9.48. The minimum atomic E-state index is -4.48. The third-order valence-electron chi connectivity index (χ3n) is 4.13. The van der Waals surface area contributed by atoms with Crippen LogP contribution in [0.4, 0.5) is 23.7 Å². The molecule has 0 heterocycles. The van der Waals surface area contributed by atoms with E-state index in [9.17, 15) is 22.8 Å². The quantitative estimate of drug-likeness (QED) is 0.670. The minimum absolute atomic E-state index is 0.0681. The summed E-state index contributed by atoms with van der Waals surface area (Å²) in [6.07, 6.45) is -0.158. The zero-order valence-corrected chi connectivity index (χ0v) is 15.1. The highest BCUT2D eigenvalue weighted by Crippen LogP contribution is 2.27. The van der Waals surface area contributed by atoms with Gasteiger partial charge in [-0.3, -0.25) is 4.79 Å². The van der Waals surface area contributed by atoms with E-state index in [0.29, 0.717) is 5.56 Å². The summed E-state index contributed by atoms with van der Waals surface area (Å²) in [5.74, 6) is -0.201. The molecule has 0 aromatic heterocycles. The lowest BCUT2D eigenvalue weighted by atomic mass is 10.2. The van der Waals surface area contributed by atoms with E-state index in [1.54, 1.807) is 13.0 Å². The van der Waals surface area contributed by atoms with Crippen LogP contribution in [0.25, 0.3) is 0 Å². The van der Waals surface area contributed by atoms with Gasteiger partial charge < -0.3 is 20.7 Å². The van der Waals surface area contributed by atoms with E-state index in [0.717, 1.165) is 25.7 Å². The summed E-state index contributed by atoms with van der Waals surface area (Å²) in [4.78, 5) is 23.7. The van der Waals surface area contributed by atoms with Crippen molar-refractivity contribution in [1.29, 1.82) is 0 Å². The average Bonchev–Trinajstić information content (AvgIpc) is 3.07. The molecule has 0 bridgehead atoms. The summed E-state index contributed by atoms with van der Waals surface area (Å²) in [7, 11) is 0. The van der Waals surface area contributed by atoms with Crippen molar-refractivity contribution in [3.8, 4) is 5.75 Å².